The zero-order valence-electron chi connectivity index (χ0n) is 11.5. The van der Waals surface area contributed by atoms with Crippen LogP contribution in [0.3, 0.4) is 0 Å². The zero-order chi connectivity index (χ0) is 13.8. The Morgan fingerprint density at radius 2 is 2.37 bits per heavy atom. The fourth-order valence-corrected chi connectivity index (χ4v) is 2.30. The Hall–Kier alpha value is -1.63. The molecule has 7 heteroatoms. The Morgan fingerprint density at radius 3 is 3.05 bits per heavy atom. The standard InChI is InChI=1S/C12H21N5O2/c1-3-4-9(2)14-11(18)8-17-12(19)16-6-5-13-7-10(16)15-17/h9,13H,3-8H2,1-2H3,(H,14,18). The molecule has 0 aromatic carbocycles. The van der Waals surface area contributed by atoms with Crippen molar-refractivity contribution in [1.82, 2.24) is 25.0 Å². The molecule has 0 saturated heterocycles. The van der Waals surface area contributed by atoms with Gasteiger partial charge in [0, 0.05) is 19.1 Å². The third kappa shape index (κ3) is 3.23. The highest BCUT2D eigenvalue weighted by molar-refractivity contribution is 5.75. The Morgan fingerprint density at radius 1 is 1.58 bits per heavy atom. The zero-order valence-corrected chi connectivity index (χ0v) is 11.5. The van der Waals surface area contributed by atoms with Crippen molar-refractivity contribution in [3.8, 4) is 0 Å². The van der Waals surface area contributed by atoms with Gasteiger partial charge < -0.3 is 10.6 Å². The maximum Gasteiger partial charge on any atom is 0.346 e. The highest BCUT2D eigenvalue weighted by Gasteiger charge is 2.18. The van der Waals surface area contributed by atoms with Gasteiger partial charge in [-0.25, -0.2) is 9.48 Å². The molecule has 1 amide bonds. The van der Waals surface area contributed by atoms with Crippen molar-refractivity contribution in [3.05, 3.63) is 16.3 Å². The maximum atomic E-state index is 12.0. The molecular formula is C12H21N5O2. The van der Waals surface area contributed by atoms with Gasteiger partial charge >= 0.3 is 5.69 Å². The minimum absolute atomic E-state index is 0.00706. The maximum absolute atomic E-state index is 12.0. The van der Waals surface area contributed by atoms with Crippen LogP contribution >= 0.6 is 0 Å². The number of hydrogen-bond donors (Lipinski definition) is 2. The molecular weight excluding hydrogens is 246 g/mol. The van der Waals surface area contributed by atoms with Crippen LogP contribution < -0.4 is 16.3 Å². The van der Waals surface area contributed by atoms with Crippen LogP contribution in [-0.4, -0.2) is 32.8 Å². The second-order valence-electron chi connectivity index (χ2n) is 4.94. The Kier molecular flexibility index (Phi) is 4.36. The highest BCUT2D eigenvalue weighted by atomic mass is 16.2. The fourth-order valence-electron chi connectivity index (χ4n) is 2.30. The van der Waals surface area contributed by atoms with Gasteiger partial charge in [0.25, 0.3) is 0 Å². The summed E-state index contributed by atoms with van der Waals surface area (Å²) in [6.07, 6.45) is 1.95. The predicted octanol–water partition coefficient (Wildman–Crippen LogP) is -0.547. The molecule has 1 aromatic heterocycles. The molecule has 0 saturated carbocycles. The van der Waals surface area contributed by atoms with Gasteiger partial charge in [0.2, 0.25) is 5.91 Å². The summed E-state index contributed by atoms with van der Waals surface area (Å²) in [6.45, 7) is 5.99. The number of amides is 1. The third-order valence-electron chi connectivity index (χ3n) is 3.22. The van der Waals surface area contributed by atoms with Crippen molar-refractivity contribution in [3.63, 3.8) is 0 Å². The topological polar surface area (TPSA) is 81.0 Å². The first-order valence-electron chi connectivity index (χ1n) is 6.78. The van der Waals surface area contributed by atoms with Crippen LogP contribution in [0.15, 0.2) is 4.79 Å². The summed E-state index contributed by atoms with van der Waals surface area (Å²) in [4.78, 5) is 23.8. The van der Waals surface area contributed by atoms with E-state index in [9.17, 15) is 9.59 Å². The molecule has 19 heavy (non-hydrogen) atoms. The van der Waals surface area contributed by atoms with Crippen molar-refractivity contribution < 1.29 is 4.79 Å². The number of rotatable bonds is 5. The number of nitrogens with one attached hydrogen (secondary N) is 2. The van der Waals surface area contributed by atoms with Gasteiger partial charge in [-0.05, 0) is 13.3 Å². The molecule has 7 nitrogen and oxygen atoms in total. The van der Waals surface area contributed by atoms with Crippen molar-refractivity contribution in [2.45, 2.75) is 52.4 Å². The molecule has 1 aliphatic heterocycles. The van der Waals surface area contributed by atoms with Gasteiger partial charge in [0.15, 0.2) is 0 Å². The summed E-state index contributed by atoms with van der Waals surface area (Å²) >= 11 is 0. The van der Waals surface area contributed by atoms with Gasteiger partial charge in [0.05, 0.1) is 6.54 Å². The van der Waals surface area contributed by atoms with E-state index >= 15 is 0 Å². The lowest BCUT2D eigenvalue weighted by atomic mass is 10.2. The smallest absolute Gasteiger partial charge is 0.346 e. The molecule has 0 radical (unpaired) electrons. The van der Waals surface area contributed by atoms with Crippen LogP contribution in [0.2, 0.25) is 0 Å². The highest BCUT2D eigenvalue weighted by Crippen LogP contribution is 1.98. The van der Waals surface area contributed by atoms with Crippen molar-refractivity contribution in [2.75, 3.05) is 6.54 Å². The van der Waals surface area contributed by atoms with Gasteiger partial charge in [-0.3, -0.25) is 9.36 Å². The van der Waals surface area contributed by atoms with E-state index in [1.54, 1.807) is 4.57 Å². The second-order valence-corrected chi connectivity index (χ2v) is 4.94. The minimum atomic E-state index is -0.199. The number of aromatic nitrogens is 3. The van der Waals surface area contributed by atoms with Crippen LogP contribution in [0.25, 0.3) is 0 Å². The largest absolute Gasteiger partial charge is 0.352 e. The predicted molar refractivity (Wildman–Crippen MR) is 70.7 cm³/mol. The monoisotopic (exact) mass is 267 g/mol. The van der Waals surface area contributed by atoms with E-state index in [1.165, 1.54) is 4.68 Å². The minimum Gasteiger partial charge on any atom is -0.352 e. The molecule has 1 aliphatic rings. The number of carbonyl (C=O) groups excluding carboxylic acids is 1. The molecule has 0 spiro atoms. The average molecular weight is 267 g/mol. The summed E-state index contributed by atoms with van der Waals surface area (Å²) < 4.78 is 2.87. The third-order valence-corrected chi connectivity index (χ3v) is 3.22. The number of carbonyl (C=O) groups is 1. The van der Waals surface area contributed by atoms with E-state index in [-0.39, 0.29) is 24.2 Å². The lowest BCUT2D eigenvalue weighted by Gasteiger charge is -2.12. The van der Waals surface area contributed by atoms with Crippen LogP contribution in [0.5, 0.6) is 0 Å². The molecule has 2 heterocycles. The SMILES string of the molecule is CCCC(C)NC(=O)Cn1nc2n(c1=O)CCNC2. The molecule has 0 bridgehead atoms. The fraction of sp³-hybridized carbons (Fsp3) is 0.750. The van der Waals surface area contributed by atoms with Crippen LogP contribution in [0.4, 0.5) is 0 Å². The molecule has 2 N–H and O–H groups in total. The second kappa shape index (κ2) is 6.01. The summed E-state index contributed by atoms with van der Waals surface area (Å²) in [5, 5.41) is 10.2. The van der Waals surface area contributed by atoms with Crippen LogP contribution in [-0.2, 0) is 24.4 Å². The van der Waals surface area contributed by atoms with E-state index in [0.717, 1.165) is 19.4 Å². The van der Waals surface area contributed by atoms with E-state index in [2.05, 4.69) is 22.7 Å². The van der Waals surface area contributed by atoms with Gasteiger partial charge in [0.1, 0.15) is 12.4 Å². The van der Waals surface area contributed by atoms with E-state index in [0.29, 0.717) is 18.9 Å². The van der Waals surface area contributed by atoms with Crippen LogP contribution in [0.1, 0.15) is 32.5 Å². The van der Waals surface area contributed by atoms with Crippen molar-refractivity contribution in [2.24, 2.45) is 0 Å². The molecule has 1 aromatic rings. The quantitative estimate of drug-likeness (QED) is 0.750. The number of nitrogens with zero attached hydrogens (tertiary/aromatic N) is 3. The van der Waals surface area contributed by atoms with Crippen LogP contribution in [0, 0.1) is 0 Å². The van der Waals surface area contributed by atoms with E-state index < -0.39 is 0 Å². The Balaban J connectivity index is 2.01. The molecule has 0 fully saturated rings. The number of hydrogen-bond acceptors (Lipinski definition) is 4. The Bertz CT molecular complexity index is 505. The normalized spacial score (nSPS) is 15.9. The summed E-state index contributed by atoms with van der Waals surface area (Å²) in [5.41, 5.74) is -0.199. The lowest BCUT2D eigenvalue weighted by Crippen LogP contribution is -2.38. The molecule has 2 rings (SSSR count). The summed E-state index contributed by atoms with van der Waals surface area (Å²) in [6, 6.07) is 0.132. The molecule has 106 valence electrons. The first kappa shape index (κ1) is 13.8. The molecule has 1 unspecified atom stereocenters. The van der Waals surface area contributed by atoms with Crippen molar-refractivity contribution in [1.29, 1.82) is 0 Å². The van der Waals surface area contributed by atoms with E-state index in [4.69, 9.17) is 0 Å². The Labute approximate surface area is 112 Å². The van der Waals surface area contributed by atoms with Gasteiger partial charge in [-0.2, -0.15) is 5.10 Å². The average Bonchev–Trinajstić information content (AvgIpc) is 2.67. The van der Waals surface area contributed by atoms with Gasteiger partial charge in [-0.15, -0.1) is 0 Å². The van der Waals surface area contributed by atoms with Gasteiger partial charge in [-0.1, -0.05) is 13.3 Å². The van der Waals surface area contributed by atoms with Crippen molar-refractivity contribution >= 4 is 5.91 Å². The van der Waals surface area contributed by atoms with E-state index in [1.807, 2.05) is 6.92 Å². The molecule has 1 atom stereocenters. The summed E-state index contributed by atoms with van der Waals surface area (Å²) in [7, 11) is 0. The number of fused-ring (bicyclic) bond motifs is 1. The first-order valence-corrected chi connectivity index (χ1v) is 6.78. The molecule has 0 aliphatic carbocycles. The lowest BCUT2D eigenvalue weighted by molar-refractivity contribution is -0.122. The first-order chi connectivity index (χ1) is 9.11. The summed E-state index contributed by atoms with van der Waals surface area (Å²) in [5.74, 6) is 0.539.